The van der Waals surface area contributed by atoms with Gasteiger partial charge in [-0.2, -0.15) is 0 Å². The number of carbonyl (C=O) groups is 2. The summed E-state index contributed by atoms with van der Waals surface area (Å²) in [4.78, 5) is 20.9. The summed E-state index contributed by atoms with van der Waals surface area (Å²) in [6.07, 6.45) is 2.21. The summed E-state index contributed by atoms with van der Waals surface area (Å²) in [5, 5.41) is 0. The average molecular weight is 124 g/mol. The fourth-order valence-corrected chi connectivity index (χ4v) is 0.430. The van der Waals surface area contributed by atoms with Gasteiger partial charge in [-0.05, 0) is 0 Å². The maximum Gasteiger partial charge on any atom is 0.346 e. The molecule has 3 heteroatoms. The van der Waals surface area contributed by atoms with Crippen LogP contribution in [0.5, 0.6) is 0 Å². The third kappa shape index (κ3) is 0.887. The lowest BCUT2D eigenvalue weighted by atomic mass is 10.2. The van der Waals surface area contributed by atoms with Crippen molar-refractivity contribution in [2.24, 2.45) is 0 Å². The molecule has 1 aliphatic rings. The molecule has 0 atom stereocenters. The van der Waals surface area contributed by atoms with Gasteiger partial charge in [0.2, 0.25) is 0 Å². The Morgan fingerprint density at radius 3 is 2.56 bits per heavy atom. The van der Waals surface area contributed by atoms with E-state index in [0.717, 1.165) is 12.3 Å². The lowest BCUT2D eigenvalue weighted by Crippen LogP contribution is -2.14. The fraction of sp³-hybridized carbons (Fsp3) is 0. The Morgan fingerprint density at radius 2 is 2.11 bits per heavy atom. The third-order valence-corrected chi connectivity index (χ3v) is 0.938. The maximum absolute atomic E-state index is 10.5. The second kappa shape index (κ2) is 1.85. The maximum atomic E-state index is 10.5. The normalized spacial score (nSPS) is 18.0. The molecule has 0 aromatic heterocycles. The largest absolute Gasteiger partial charge is 0.431 e. The first kappa shape index (κ1) is 5.75. The van der Waals surface area contributed by atoms with Gasteiger partial charge in [-0.3, -0.25) is 4.79 Å². The van der Waals surface area contributed by atoms with E-state index in [1.54, 1.807) is 0 Å². The van der Waals surface area contributed by atoms with Crippen molar-refractivity contribution in [3.05, 3.63) is 24.5 Å². The summed E-state index contributed by atoms with van der Waals surface area (Å²) >= 11 is 0. The minimum absolute atomic E-state index is 0.113. The van der Waals surface area contributed by atoms with Crippen molar-refractivity contribution >= 4 is 11.8 Å². The van der Waals surface area contributed by atoms with Crippen molar-refractivity contribution < 1.29 is 14.3 Å². The molecule has 0 spiro atoms. The van der Waals surface area contributed by atoms with Crippen molar-refractivity contribution in [1.82, 2.24) is 0 Å². The number of ketones is 1. The van der Waals surface area contributed by atoms with Gasteiger partial charge in [-0.1, -0.05) is 6.58 Å². The first-order valence-electron chi connectivity index (χ1n) is 2.32. The fourth-order valence-electron chi connectivity index (χ4n) is 0.430. The minimum Gasteiger partial charge on any atom is -0.431 e. The molecule has 0 aromatic carbocycles. The molecule has 1 aliphatic heterocycles. The average Bonchev–Trinajstić information content (AvgIpc) is 1.83. The van der Waals surface area contributed by atoms with Gasteiger partial charge in [0.05, 0.1) is 6.26 Å². The van der Waals surface area contributed by atoms with E-state index >= 15 is 0 Å². The van der Waals surface area contributed by atoms with Crippen LogP contribution in [0.15, 0.2) is 24.5 Å². The van der Waals surface area contributed by atoms with Gasteiger partial charge in [0.1, 0.15) is 5.57 Å². The molecule has 3 nitrogen and oxygen atoms in total. The Morgan fingerprint density at radius 1 is 1.44 bits per heavy atom. The molecule has 0 unspecified atom stereocenters. The van der Waals surface area contributed by atoms with Crippen molar-refractivity contribution in [2.75, 3.05) is 0 Å². The number of esters is 1. The van der Waals surface area contributed by atoms with Crippen LogP contribution in [-0.4, -0.2) is 11.8 Å². The highest BCUT2D eigenvalue weighted by Crippen LogP contribution is 2.03. The molecular formula is C6H4O3. The van der Waals surface area contributed by atoms with E-state index in [0.29, 0.717) is 0 Å². The van der Waals surface area contributed by atoms with Gasteiger partial charge >= 0.3 is 5.97 Å². The quantitative estimate of drug-likeness (QED) is 0.263. The molecule has 0 radical (unpaired) electrons. The van der Waals surface area contributed by atoms with Crippen LogP contribution in [0.1, 0.15) is 0 Å². The highest BCUT2D eigenvalue weighted by Gasteiger charge is 2.17. The highest BCUT2D eigenvalue weighted by atomic mass is 16.5. The molecule has 1 rings (SSSR count). The summed E-state index contributed by atoms with van der Waals surface area (Å²) in [6.45, 7) is 3.20. The van der Waals surface area contributed by atoms with E-state index in [9.17, 15) is 9.59 Å². The number of hydrogen-bond donors (Lipinski definition) is 0. The molecule has 0 fully saturated rings. The standard InChI is InChI=1S/C6H4O3/c1-4-5(7)2-3-9-6(4)8/h2-3H,1H2. The molecule has 1 heterocycles. The van der Waals surface area contributed by atoms with Crippen LogP contribution >= 0.6 is 0 Å². The number of cyclic esters (lactones) is 1. The third-order valence-electron chi connectivity index (χ3n) is 0.938. The smallest absolute Gasteiger partial charge is 0.346 e. The van der Waals surface area contributed by atoms with Gasteiger partial charge in [-0.25, -0.2) is 4.79 Å². The van der Waals surface area contributed by atoms with E-state index < -0.39 is 5.97 Å². The number of ether oxygens (including phenoxy) is 1. The molecule has 9 heavy (non-hydrogen) atoms. The van der Waals surface area contributed by atoms with E-state index in [2.05, 4.69) is 11.3 Å². The van der Waals surface area contributed by atoms with Gasteiger partial charge < -0.3 is 4.74 Å². The first-order chi connectivity index (χ1) is 4.22. The summed E-state index contributed by atoms with van der Waals surface area (Å²) in [6, 6.07) is 0. The number of rotatable bonds is 0. The molecule has 0 amide bonds. The molecule has 46 valence electrons. The SMILES string of the molecule is C=C1C(=O)C=COC1=O. The second-order valence-corrected chi connectivity index (χ2v) is 1.55. The van der Waals surface area contributed by atoms with Crippen LogP contribution in [0.3, 0.4) is 0 Å². The van der Waals surface area contributed by atoms with Crippen LogP contribution < -0.4 is 0 Å². The molecular weight excluding hydrogens is 120 g/mol. The zero-order valence-electron chi connectivity index (χ0n) is 4.59. The summed E-state index contributed by atoms with van der Waals surface area (Å²) < 4.78 is 4.32. The second-order valence-electron chi connectivity index (χ2n) is 1.55. The van der Waals surface area contributed by atoms with Crippen molar-refractivity contribution in [3.63, 3.8) is 0 Å². The van der Waals surface area contributed by atoms with E-state index in [4.69, 9.17) is 0 Å². The van der Waals surface area contributed by atoms with Crippen molar-refractivity contribution in [1.29, 1.82) is 0 Å². The molecule has 0 saturated carbocycles. The highest BCUT2D eigenvalue weighted by molar-refractivity contribution is 6.22. The van der Waals surface area contributed by atoms with Gasteiger partial charge in [-0.15, -0.1) is 0 Å². The lowest BCUT2D eigenvalue weighted by molar-refractivity contribution is -0.136. The summed E-state index contributed by atoms with van der Waals surface area (Å²) in [5.41, 5.74) is -0.113. The zero-order chi connectivity index (χ0) is 6.85. The number of allylic oxidation sites excluding steroid dienone is 1. The molecule has 0 saturated heterocycles. The predicted molar refractivity (Wildman–Crippen MR) is 29.4 cm³/mol. The van der Waals surface area contributed by atoms with Crippen LogP contribution in [0, 0.1) is 0 Å². The Bertz CT molecular complexity index is 212. The number of carbonyl (C=O) groups excluding carboxylic acids is 2. The Labute approximate surface area is 51.6 Å². The molecule has 0 bridgehead atoms. The lowest BCUT2D eigenvalue weighted by Gasteiger charge is -2.02. The van der Waals surface area contributed by atoms with E-state index in [1.165, 1.54) is 0 Å². The Hall–Kier alpha value is -1.38. The first-order valence-corrected chi connectivity index (χ1v) is 2.32. The van der Waals surface area contributed by atoms with E-state index in [1.807, 2.05) is 0 Å². The predicted octanol–water partition coefficient (Wildman–Crippen LogP) is 0.182. The summed E-state index contributed by atoms with van der Waals surface area (Å²) in [5.74, 6) is -1.05. The monoisotopic (exact) mass is 124 g/mol. The molecule has 0 aromatic rings. The molecule has 0 N–H and O–H groups in total. The van der Waals surface area contributed by atoms with Crippen LogP contribution in [-0.2, 0) is 14.3 Å². The summed E-state index contributed by atoms with van der Waals surface area (Å²) in [7, 11) is 0. The van der Waals surface area contributed by atoms with Crippen molar-refractivity contribution in [3.8, 4) is 0 Å². The molecule has 0 aliphatic carbocycles. The number of hydrogen-bond acceptors (Lipinski definition) is 3. The van der Waals surface area contributed by atoms with Crippen LogP contribution in [0.25, 0.3) is 0 Å². The zero-order valence-corrected chi connectivity index (χ0v) is 4.59. The Balaban J connectivity index is 2.94. The van der Waals surface area contributed by atoms with E-state index in [-0.39, 0.29) is 11.4 Å². The van der Waals surface area contributed by atoms with Crippen LogP contribution in [0.2, 0.25) is 0 Å². The minimum atomic E-state index is -0.664. The Kier molecular flexibility index (Phi) is 1.18. The van der Waals surface area contributed by atoms with Crippen molar-refractivity contribution in [2.45, 2.75) is 0 Å². The van der Waals surface area contributed by atoms with Gasteiger partial charge in [0.25, 0.3) is 0 Å². The van der Waals surface area contributed by atoms with Gasteiger partial charge in [0, 0.05) is 6.08 Å². The van der Waals surface area contributed by atoms with Crippen LogP contribution in [0.4, 0.5) is 0 Å². The van der Waals surface area contributed by atoms with Gasteiger partial charge in [0.15, 0.2) is 5.78 Å². The topological polar surface area (TPSA) is 43.4 Å².